The molecule has 0 saturated carbocycles. The van der Waals surface area contributed by atoms with E-state index < -0.39 is 0 Å². The molecule has 0 spiro atoms. The van der Waals surface area contributed by atoms with E-state index in [2.05, 4.69) is 31.8 Å². The second-order valence-corrected chi connectivity index (χ2v) is 7.22. The zero-order valence-corrected chi connectivity index (χ0v) is 16.5. The first-order valence-corrected chi connectivity index (χ1v) is 9.68. The highest BCUT2D eigenvalue weighted by molar-refractivity contribution is 5.96. The van der Waals surface area contributed by atoms with Gasteiger partial charge >= 0.3 is 0 Å². The Balaban J connectivity index is 1.45. The number of carbonyl (C=O) groups is 1. The van der Waals surface area contributed by atoms with Crippen LogP contribution in [-0.4, -0.2) is 53.4 Å². The Morgan fingerprint density at radius 2 is 2.04 bits per heavy atom. The average molecular weight is 383 g/mol. The molecule has 0 atom stereocenters. The van der Waals surface area contributed by atoms with Crippen LogP contribution in [0.1, 0.15) is 59.1 Å². The van der Waals surface area contributed by atoms with Crippen molar-refractivity contribution in [3.8, 4) is 0 Å². The van der Waals surface area contributed by atoms with Gasteiger partial charge in [0, 0.05) is 37.9 Å². The Kier molecular flexibility index (Phi) is 4.97. The number of carbonyl (C=O) groups excluding carboxylic acids is 1. The lowest BCUT2D eigenvalue weighted by Crippen LogP contribution is -2.38. The molecule has 1 amide bonds. The van der Waals surface area contributed by atoms with Crippen molar-refractivity contribution in [3.63, 3.8) is 0 Å². The van der Waals surface area contributed by atoms with Gasteiger partial charge in [-0.1, -0.05) is 5.16 Å². The van der Waals surface area contributed by atoms with Crippen LogP contribution in [0.5, 0.6) is 0 Å². The van der Waals surface area contributed by atoms with Crippen LogP contribution in [0.4, 0.5) is 0 Å². The zero-order chi connectivity index (χ0) is 19.7. The second-order valence-electron chi connectivity index (χ2n) is 7.22. The van der Waals surface area contributed by atoms with E-state index in [0.29, 0.717) is 42.6 Å². The molecule has 9 nitrogen and oxygen atoms in total. The molecule has 28 heavy (non-hydrogen) atoms. The molecule has 1 saturated heterocycles. The summed E-state index contributed by atoms with van der Waals surface area (Å²) in [4.78, 5) is 18.8. The van der Waals surface area contributed by atoms with Crippen molar-refractivity contribution in [3.05, 3.63) is 47.4 Å². The summed E-state index contributed by atoms with van der Waals surface area (Å²) in [6, 6.07) is 0. The maximum absolute atomic E-state index is 12.8. The first kappa shape index (κ1) is 18.4. The molecule has 0 radical (unpaired) electrons. The maximum Gasteiger partial charge on any atom is 0.259 e. The zero-order valence-electron chi connectivity index (χ0n) is 16.5. The molecule has 0 unspecified atom stereocenters. The van der Waals surface area contributed by atoms with Gasteiger partial charge in [0.2, 0.25) is 0 Å². The Bertz CT molecular complexity index is 930. The van der Waals surface area contributed by atoms with Crippen LogP contribution < -0.4 is 0 Å². The van der Waals surface area contributed by atoms with Crippen LogP contribution in [0.25, 0.3) is 0 Å². The number of amides is 1. The predicted octanol–water partition coefficient (Wildman–Crippen LogP) is 2.17. The predicted molar refractivity (Wildman–Crippen MR) is 101 cm³/mol. The molecular weight excluding hydrogens is 358 g/mol. The fraction of sp³-hybridized carbons (Fsp3) is 0.526. The number of hydrogen-bond donors (Lipinski definition) is 0. The van der Waals surface area contributed by atoms with Crippen LogP contribution in [-0.2, 0) is 13.1 Å². The largest absolute Gasteiger partial charge is 0.361 e. The molecule has 9 heteroatoms. The van der Waals surface area contributed by atoms with Crippen molar-refractivity contribution in [2.24, 2.45) is 0 Å². The molecule has 0 aromatic carbocycles. The van der Waals surface area contributed by atoms with Crippen molar-refractivity contribution in [1.82, 2.24) is 34.4 Å². The number of likely N-dealkylation sites (tertiary alicyclic amines) is 1. The normalized spacial score (nSPS) is 15.3. The average Bonchev–Trinajstić information content (AvgIpc) is 3.43. The van der Waals surface area contributed by atoms with Gasteiger partial charge in [-0.25, -0.2) is 4.98 Å². The minimum Gasteiger partial charge on any atom is -0.361 e. The Hall–Kier alpha value is -2.97. The third-order valence-corrected chi connectivity index (χ3v) is 5.45. The van der Waals surface area contributed by atoms with Crippen molar-refractivity contribution in [2.45, 2.75) is 52.6 Å². The Labute approximate surface area is 163 Å². The lowest BCUT2D eigenvalue weighted by molar-refractivity contribution is 0.0708. The SMILES string of the molecule is CCn1c(Cn2ccnc2)nnc1C1CCN(C(=O)c2c(C)noc2C)CC1. The molecule has 1 fully saturated rings. The summed E-state index contributed by atoms with van der Waals surface area (Å²) in [5, 5.41) is 12.8. The first-order valence-electron chi connectivity index (χ1n) is 9.68. The van der Waals surface area contributed by atoms with E-state index in [1.54, 1.807) is 19.4 Å². The number of aryl methyl sites for hydroxylation is 2. The molecule has 1 aliphatic rings. The molecule has 0 bridgehead atoms. The topological polar surface area (TPSA) is 94.9 Å². The van der Waals surface area contributed by atoms with E-state index in [9.17, 15) is 4.79 Å². The van der Waals surface area contributed by atoms with Gasteiger partial charge < -0.3 is 18.6 Å². The van der Waals surface area contributed by atoms with Crippen molar-refractivity contribution in [1.29, 1.82) is 0 Å². The van der Waals surface area contributed by atoms with Crippen molar-refractivity contribution in [2.75, 3.05) is 13.1 Å². The number of imidazole rings is 1. The number of aromatic nitrogens is 6. The van der Waals surface area contributed by atoms with Gasteiger partial charge in [0.1, 0.15) is 17.1 Å². The van der Waals surface area contributed by atoms with Crippen LogP contribution in [0.2, 0.25) is 0 Å². The van der Waals surface area contributed by atoms with Gasteiger partial charge in [-0.3, -0.25) is 4.79 Å². The fourth-order valence-electron chi connectivity index (χ4n) is 3.94. The quantitative estimate of drug-likeness (QED) is 0.670. The number of rotatable bonds is 5. The van der Waals surface area contributed by atoms with Gasteiger partial charge in [-0.05, 0) is 33.6 Å². The van der Waals surface area contributed by atoms with Crippen LogP contribution >= 0.6 is 0 Å². The highest BCUT2D eigenvalue weighted by Crippen LogP contribution is 2.29. The smallest absolute Gasteiger partial charge is 0.259 e. The highest BCUT2D eigenvalue weighted by atomic mass is 16.5. The van der Waals surface area contributed by atoms with E-state index in [-0.39, 0.29) is 5.91 Å². The van der Waals surface area contributed by atoms with E-state index in [1.165, 1.54) is 0 Å². The monoisotopic (exact) mass is 383 g/mol. The standard InChI is InChI=1S/C19H25N7O2/c1-4-26-16(11-24-10-7-20-12-24)21-22-18(26)15-5-8-25(9-6-15)19(27)17-13(2)23-28-14(17)3/h7,10,12,15H,4-6,8-9,11H2,1-3H3. The van der Waals surface area contributed by atoms with E-state index >= 15 is 0 Å². The third-order valence-electron chi connectivity index (χ3n) is 5.45. The van der Waals surface area contributed by atoms with Gasteiger partial charge in [0.25, 0.3) is 5.91 Å². The van der Waals surface area contributed by atoms with E-state index in [4.69, 9.17) is 4.52 Å². The molecular formula is C19H25N7O2. The molecule has 148 valence electrons. The summed E-state index contributed by atoms with van der Waals surface area (Å²) in [6.45, 7) is 8.57. The van der Waals surface area contributed by atoms with Gasteiger partial charge in [-0.15, -0.1) is 10.2 Å². The molecule has 3 aromatic rings. The van der Waals surface area contributed by atoms with Crippen LogP contribution in [0.15, 0.2) is 23.2 Å². The summed E-state index contributed by atoms with van der Waals surface area (Å²) in [6.07, 6.45) is 7.22. The molecule has 4 heterocycles. The van der Waals surface area contributed by atoms with E-state index in [0.717, 1.165) is 31.0 Å². The molecule has 0 aliphatic carbocycles. The Morgan fingerprint density at radius 3 is 2.64 bits per heavy atom. The van der Waals surface area contributed by atoms with E-state index in [1.807, 2.05) is 22.6 Å². The van der Waals surface area contributed by atoms with Crippen LogP contribution in [0, 0.1) is 13.8 Å². The second kappa shape index (κ2) is 7.57. The summed E-state index contributed by atoms with van der Waals surface area (Å²) >= 11 is 0. The molecule has 3 aromatic heterocycles. The van der Waals surface area contributed by atoms with Gasteiger partial charge in [-0.2, -0.15) is 0 Å². The molecule has 4 rings (SSSR count). The number of piperidine rings is 1. The minimum absolute atomic E-state index is 0.00690. The summed E-state index contributed by atoms with van der Waals surface area (Å²) in [5.74, 6) is 2.84. The highest BCUT2D eigenvalue weighted by Gasteiger charge is 2.30. The first-order chi connectivity index (χ1) is 13.6. The van der Waals surface area contributed by atoms with Crippen molar-refractivity contribution >= 4 is 5.91 Å². The van der Waals surface area contributed by atoms with Crippen molar-refractivity contribution < 1.29 is 9.32 Å². The summed E-state index contributed by atoms with van der Waals surface area (Å²) in [5.41, 5.74) is 1.25. The molecule has 0 N–H and O–H groups in total. The lowest BCUT2D eigenvalue weighted by atomic mass is 9.95. The summed E-state index contributed by atoms with van der Waals surface area (Å²) < 4.78 is 9.33. The molecule has 1 aliphatic heterocycles. The minimum atomic E-state index is 0.00690. The Morgan fingerprint density at radius 1 is 1.25 bits per heavy atom. The van der Waals surface area contributed by atoms with Crippen LogP contribution in [0.3, 0.4) is 0 Å². The number of nitrogens with zero attached hydrogens (tertiary/aromatic N) is 7. The van der Waals surface area contributed by atoms with Gasteiger partial charge in [0.05, 0.1) is 18.6 Å². The lowest BCUT2D eigenvalue weighted by Gasteiger charge is -2.31. The summed E-state index contributed by atoms with van der Waals surface area (Å²) in [7, 11) is 0. The fourth-order valence-corrected chi connectivity index (χ4v) is 3.94. The third kappa shape index (κ3) is 3.32. The van der Waals surface area contributed by atoms with Gasteiger partial charge in [0.15, 0.2) is 5.82 Å². The maximum atomic E-state index is 12.8. The number of hydrogen-bond acceptors (Lipinski definition) is 6.